The Labute approximate surface area is 153 Å². The largest absolute Gasteiger partial charge is 0.319 e. The summed E-state index contributed by atoms with van der Waals surface area (Å²) in [4.78, 5) is 19.0. The normalized spacial score (nSPS) is 10.9. The Morgan fingerprint density at radius 1 is 1.23 bits per heavy atom. The van der Waals surface area contributed by atoms with E-state index in [9.17, 15) is 4.79 Å². The molecule has 0 saturated heterocycles. The van der Waals surface area contributed by atoms with Crippen LogP contribution in [-0.2, 0) is 20.0 Å². The molecule has 0 atom stereocenters. The second kappa shape index (κ2) is 8.40. The Bertz CT molecular complexity index is 859. The number of hydrogen-bond donors (Lipinski definition) is 1. The molecule has 0 aliphatic carbocycles. The maximum atomic E-state index is 12.4. The van der Waals surface area contributed by atoms with Gasteiger partial charge in [0.15, 0.2) is 0 Å². The number of nitrogens with one attached hydrogen (secondary N) is 1. The van der Waals surface area contributed by atoms with Crippen LogP contribution in [0.5, 0.6) is 0 Å². The van der Waals surface area contributed by atoms with Gasteiger partial charge in [-0.15, -0.1) is 0 Å². The van der Waals surface area contributed by atoms with E-state index in [0.717, 1.165) is 30.8 Å². The van der Waals surface area contributed by atoms with Gasteiger partial charge in [0, 0.05) is 50.2 Å². The standard InChI is InChI=1S/C20H23N5O/c1-24(11-9-18-8-3-4-10-21-18)14-16-6-5-7-17(12-16)20(26)23-19-13-22-25(2)15-19/h3-8,10,12-13,15H,9,11,14H2,1-2H3,(H,23,26). The van der Waals surface area contributed by atoms with E-state index in [0.29, 0.717) is 11.3 Å². The van der Waals surface area contributed by atoms with E-state index in [1.165, 1.54) is 0 Å². The zero-order valence-corrected chi connectivity index (χ0v) is 15.1. The lowest BCUT2D eigenvalue weighted by molar-refractivity contribution is 0.102. The molecule has 1 aromatic carbocycles. The average Bonchev–Trinajstić information content (AvgIpc) is 3.06. The van der Waals surface area contributed by atoms with Crippen molar-refractivity contribution in [3.63, 3.8) is 0 Å². The Morgan fingerprint density at radius 2 is 2.12 bits per heavy atom. The van der Waals surface area contributed by atoms with Crippen LogP contribution >= 0.6 is 0 Å². The minimum absolute atomic E-state index is 0.129. The van der Waals surface area contributed by atoms with Crippen molar-refractivity contribution < 1.29 is 4.79 Å². The molecule has 0 fully saturated rings. The Morgan fingerprint density at radius 3 is 2.85 bits per heavy atom. The molecule has 3 aromatic rings. The van der Waals surface area contributed by atoms with E-state index in [4.69, 9.17) is 0 Å². The average molecular weight is 349 g/mol. The highest BCUT2D eigenvalue weighted by Gasteiger charge is 2.09. The van der Waals surface area contributed by atoms with Gasteiger partial charge in [0.05, 0.1) is 11.9 Å². The molecule has 0 bridgehead atoms. The van der Waals surface area contributed by atoms with Gasteiger partial charge in [0.1, 0.15) is 0 Å². The van der Waals surface area contributed by atoms with Crippen molar-refractivity contribution >= 4 is 11.6 Å². The lowest BCUT2D eigenvalue weighted by atomic mass is 10.1. The summed E-state index contributed by atoms with van der Waals surface area (Å²) in [7, 11) is 3.89. The van der Waals surface area contributed by atoms with E-state index in [1.807, 2.05) is 55.7 Å². The first-order valence-corrected chi connectivity index (χ1v) is 8.57. The summed E-state index contributed by atoms with van der Waals surface area (Å²) < 4.78 is 1.66. The van der Waals surface area contributed by atoms with Gasteiger partial charge in [0.2, 0.25) is 0 Å². The predicted molar refractivity (Wildman–Crippen MR) is 102 cm³/mol. The van der Waals surface area contributed by atoms with Gasteiger partial charge in [-0.05, 0) is 36.9 Å². The van der Waals surface area contributed by atoms with Crippen molar-refractivity contribution in [1.29, 1.82) is 0 Å². The van der Waals surface area contributed by atoms with E-state index in [-0.39, 0.29) is 5.91 Å². The summed E-state index contributed by atoms with van der Waals surface area (Å²) in [5.41, 5.74) is 3.52. The molecule has 1 N–H and O–H groups in total. The number of pyridine rings is 1. The number of aromatic nitrogens is 3. The number of hydrogen-bond acceptors (Lipinski definition) is 4. The van der Waals surface area contributed by atoms with Crippen LogP contribution < -0.4 is 5.32 Å². The molecule has 134 valence electrons. The van der Waals surface area contributed by atoms with Crippen molar-refractivity contribution in [3.8, 4) is 0 Å². The number of anilines is 1. The van der Waals surface area contributed by atoms with Crippen LogP contribution in [0.1, 0.15) is 21.6 Å². The number of carbonyl (C=O) groups excluding carboxylic acids is 1. The summed E-state index contributed by atoms with van der Waals surface area (Å²) in [6, 6.07) is 13.7. The van der Waals surface area contributed by atoms with Gasteiger partial charge in [-0.25, -0.2) is 0 Å². The maximum absolute atomic E-state index is 12.4. The first-order chi connectivity index (χ1) is 12.6. The Balaban J connectivity index is 1.57. The number of benzene rings is 1. The fourth-order valence-electron chi connectivity index (χ4n) is 2.74. The fourth-order valence-corrected chi connectivity index (χ4v) is 2.74. The number of nitrogens with zero attached hydrogens (tertiary/aromatic N) is 4. The quantitative estimate of drug-likeness (QED) is 0.712. The smallest absolute Gasteiger partial charge is 0.255 e. The lowest BCUT2D eigenvalue weighted by Gasteiger charge is -2.17. The molecule has 6 heteroatoms. The number of aryl methyl sites for hydroxylation is 1. The molecule has 0 saturated carbocycles. The predicted octanol–water partition coefficient (Wildman–Crippen LogP) is 2.74. The molecular weight excluding hydrogens is 326 g/mol. The van der Waals surface area contributed by atoms with Crippen molar-refractivity contribution in [2.24, 2.45) is 7.05 Å². The van der Waals surface area contributed by atoms with Gasteiger partial charge in [-0.2, -0.15) is 5.10 Å². The summed E-state index contributed by atoms with van der Waals surface area (Å²) in [5, 5.41) is 6.92. The minimum Gasteiger partial charge on any atom is -0.319 e. The molecule has 1 amide bonds. The molecule has 0 aliphatic heterocycles. The lowest BCUT2D eigenvalue weighted by Crippen LogP contribution is -2.21. The first kappa shape index (κ1) is 17.8. The second-order valence-corrected chi connectivity index (χ2v) is 6.37. The Kier molecular flexibility index (Phi) is 5.76. The third-order valence-electron chi connectivity index (χ3n) is 4.08. The highest BCUT2D eigenvalue weighted by Crippen LogP contribution is 2.11. The molecule has 2 aromatic heterocycles. The van der Waals surface area contributed by atoms with Gasteiger partial charge < -0.3 is 10.2 Å². The first-order valence-electron chi connectivity index (χ1n) is 8.57. The summed E-state index contributed by atoms with van der Waals surface area (Å²) >= 11 is 0. The van der Waals surface area contributed by atoms with Crippen molar-refractivity contribution in [2.45, 2.75) is 13.0 Å². The van der Waals surface area contributed by atoms with E-state index < -0.39 is 0 Å². The summed E-state index contributed by atoms with van der Waals surface area (Å²) in [6.45, 7) is 1.68. The SMILES string of the molecule is CN(CCc1ccccn1)Cc1cccc(C(=O)Nc2cnn(C)c2)c1. The topological polar surface area (TPSA) is 63.1 Å². The van der Waals surface area contributed by atoms with E-state index in [1.54, 1.807) is 17.1 Å². The monoisotopic (exact) mass is 349 g/mol. The van der Waals surface area contributed by atoms with Crippen LogP contribution in [0.2, 0.25) is 0 Å². The van der Waals surface area contributed by atoms with Crippen LogP contribution in [0.25, 0.3) is 0 Å². The molecule has 6 nitrogen and oxygen atoms in total. The zero-order valence-electron chi connectivity index (χ0n) is 15.1. The Hall–Kier alpha value is -2.99. The molecule has 3 rings (SSSR count). The highest BCUT2D eigenvalue weighted by atomic mass is 16.1. The number of likely N-dealkylation sites (N-methyl/N-ethyl adjacent to an activating group) is 1. The summed E-state index contributed by atoms with van der Waals surface area (Å²) in [5.74, 6) is -0.129. The second-order valence-electron chi connectivity index (χ2n) is 6.37. The van der Waals surface area contributed by atoms with E-state index >= 15 is 0 Å². The molecule has 2 heterocycles. The third-order valence-corrected chi connectivity index (χ3v) is 4.08. The highest BCUT2D eigenvalue weighted by molar-refractivity contribution is 6.04. The van der Waals surface area contributed by atoms with Crippen LogP contribution in [-0.4, -0.2) is 39.2 Å². The van der Waals surface area contributed by atoms with Gasteiger partial charge in [-0.3, -0.25) is 14.5 Å². The molecule has 0 radical (unpaired) electrons. The van der Waals surface area contributed by atoms with Crippen LogP contribution in [0.15, 0.2) is 61.1 Å². The van der Waals surface area contributed by atoms with Gasteiger partial charge in [0.25, 0.3) is 5.91 Å². The molecule has 0 unspecified atom stereocenters. The fraction of sp³-hybridized carbons (Fsp3) is 0.250. The number of rotatable bonds is 7. The summed E-state index contributed by atoms with van der Waals surface area (Å²) in [6.07, 6.45) is 6.12. The van der Waals surface area contributed by atoms with Crippen molar-refractivity contribution in [1.82, 2.24) is 19.7 Å². The van der Waals surface area contributed by atoms with Gasteiger partial charge in [-0.1, -0.05) is 18.2 Å². The maximum Gasteiger partial charge on any atom is 0.255 e. The molecular formula is C20H23N5O. The number of amides is 1. The number of carbonyl (C=O) groups is 1. The van der Waals surface area contributed by atoms with Crippen molar-refractivity contribution in [3.05, 3.63) is 77.9 Å². The third kappa shape index (κ3) is 5.00. The van der Waals surface area contributed by atoms with E-state index in [2.05, 4.69) is 27.3 Å². The molecule has 26 heavy (non-hydrogen) atoms. The molecule has 0 aliphatic rings. The zero-order chi connectivity index (χ0) is 18.4. The van der Waals surface area contributed by atoms with Crippen molar-refractivity contribution in [2.75, 3.05) is 18.9 Å². The van der Waals surface area contributed by atoms with Crippen LogP contribution in [0.3, 0.4) is 0 Å². The van der Waals surface area contributed by atoms with Gasteiger partial charge >= 0.3 is 0 Å². The minimum atomic E-state index is -0.129. The molecule has 0 spiro atoms. The van der Waals surface area contributed by atoms with Crippen LogP contribution in [0, 0.1) is 0 Å². The van der Waals surface area contributed by atoms with Crippen LogP contribution in [0.4, 0.5) is 5.69 Å².